The second kappa shape index (κ2) is 5.33. The third-order valence-electron chi connectivity index (χ3n) is 2.93. The van der Waals surface area contributed by atoms with E-state index in [9.17, 15) is 0 Å². The molecule has 2 rings (SSSR count). The summed E-state index contributed by atoms with van der Waals surface area (Å²) in [6, 6.07) is 3.71. The van der Waals surface area contributed by atoms with Gasteiger partial charge in [-0.2, -0.15) is 0 Å². The summed E-state index contributed by atoms with van der Waals surface area (Å²) < 4.78 is 5.88. The van der Waals surface area contributed by atoms with Crippen molar-refractivity contribution in [2.45, 2.75) is 39.0 Å². The molecule has 0 spiro atoms. The van der Waals surface area contributed by atoms with Crippen molar-refractivity contribution in [2.24, 2.45) is 0 Å². The Hall–Kier alpha value is -0.350. The number of halogens is 2. The molecule has 1 saturated heterocycles. The van der Waals surface area contributed by atoms with Gasteiger partial charge in [0.2, 0.25) is 0 Å². The summed E-state index contributed by atoms with van der Waals surface area (Å²) in [5.74, 6) is 0. The van der Waals surface area contributed by atoms with Crippen LogP contribution >= 0.6 is 23.2 Å². The Bertz CT molecular complexity index is 437. The molecule has 3 nitrogen and oxygen atoms in total. The first-order chi connectivity index (χ1) is 8.35. The number of hydrogen-bond donors (Lipinski definition) is 0. The average molecular weight is 289 g/mol. The quantitative estimate of drug-likeness (QED) is 0.780. The highest BCUT2D eigenvalue weighted by Crippen LogP contribution is 2.24. The molecule has 1 aromatic heterocycles. The molecule has 0 saturated carbocycles. The van der Waals surface area contributed by atoms with Crippen molar-refractivity contribution in [3.8, 4) is 0 Å². The van der Waals surface area contributed by atoms with Crippen molar-refractivity contribution in [2.75, 3.05) is 13.1 Å². The molecule has 0 amide bonds. The topological polar surface area (TPSA) is 25.4 Å². The number of nitrogens with zero attached hydrogens (tertiary/aromatic N) is 2. The number of aromatic nitrogens is 1. The first-order valence-electron chi connectivity index (χ1n) is 6.07. The highest BCUT2D eigenvalue weighted by atomic mass is 35.5. The van der Waals surface area contributed by atoms with Gasteiger partial charge in [-0.15, -0.1) is 0 Å². The van der Waals surface area contributed by atoms with Crippen LogP contribution in [0.1, 0.15) is 26.3 Å². The third-order valence-corrected chi connectivity index (χ3v) is 3.46. The SMILES string of the molecule is CC1CN(Cc2ccc(Cl)nc2Cl)CC(C)(C)O1. The van der Waals surface area contributed by atoms with Gasteiger partial charge in [0.15, 0.2) is 0 Å². The molecule has 0 radical (unpaired) electrons. The molecule has 100 valence electrons. The number of pyridine rings is 1. The zero-order valence-corrected chi connectivity index (χ0v) is 12.4. The molecular weight excluding hydrogens is 271 g/mol. The molecule has 2 heterocycles. The van der Waals surface area contributed by atoms with E-state index >= 15 is 0 Å². The molecule has 1 aliphatic heterocycles. The van der Waals surface area contributed by atoms with Crippen molar-refractivity contribution in [3.05, 3.63) is 28.0 Å². The number of hydrogen-bond acceptors (Lipinski definition) is 3. The van der Waals surface area contributed by atoms with E-state index in [2.05, 4.69) is 30.7 Å². The van der Waals surface area contributed by atoms with Gasteiger partial charge in [-0.3, -0.25) is 4.90 Å². The summed E-state index contributed by atoms with van der Waals surface area (Å²) in [6.45, 7) is 8.88. The minimum absolute atomic E-state index is 0.121. The van der Waals surface area contributed by atoms with Gasteiger partial charge >= 0.3 is 0 Å². The number of morpholine rings is 1. The van der Waals surface area contributed by atoms with Crippen molar-refractivity contribution >= 4 is 23.2 Å². The number of rotatable bonds is 2. The van der Waals surface area contributed by atoms with E-state index < -0.39 is 0 Å². The Balaban J connectivity index is 2.09. The molecule has 1 unspecified atom stereocenters. The zero-order chi connectivity index (χ0) is 13.3. The molecule has 1 atom stereocenters. The van der Waals surface area contributed by atoms with E-state index in [1.54, 1.807) is 6.07 Å². The Kier molecular flexibility index (Phi) is 4.17. The van der Waals surface area contributed by atoms with E-state index in [0.717, 1.165) is 25.2 Å². The molecule has 0 aromatic carbocycles. The summed E-state index contributed by atoms with van der Waals surface area (Å²) in [5.41, 5.74) is 0.884. The van der Waals surface area contributed by atoms with Crippen molar-refractivity contribution in [3.63, 3.8) is 0 Å². The van der Waals surface area contributed by atoms with Crippen LogP contribution in [0, 0.1) is 0 Å². The molecule has 1 aromatic rings. The summed E-state index contributed by atoms with van der Waals surface area (Å²) in [4.78, 5) is 6.41. The van der Waals surface area contributed by atoms with Crippen LogP contribution in [0.4, 0.5) is 0 Å². The molecule has 0 N–H and O–H groups in total. The maximum Gasteiger partial charge on any atom is 0.135 e. The lowest BCUT2D eigenvalue weighted by atomic mass is 10.0. The normalized spacial score (nSPS) is 24.2. The van der Waals surface area contributed by atoms with Gasteiger partial charge in [0, 0.05) is 25.2 Å². The fraction of sp³-hybridized carbons (Fsp3) is 0.615. The molecule has 0 bridgehead atoms. The Morgan fingerprint density at radius 2 is 2.17 bits per heavy atom. The highest BCUT2D eigenvalue weighted by Gasteiger charge is 2.31. The van der Waals surface area contributed by atoms with Crippen LogP contribution < -0.4 is 0 Å². The average Bonchev–Trinajstić information content (AvgIpc) is 2.19. The molecular formula is C13H18Cl2N2O. The number of ether oxygens (including phenoxy) is 1. The van der Waals surface area contributed by atoms with E-state index in [1.807, 2.05) is 6.07 Å². The van der Waals surface area contributed by atoms with Gasteiger partial charge < -0.3 is 4.74 Å². The van der Waals surface area contributed by atoms with Gasteiger partial charge in [-0.1, -0.05) is 29.3 Å². The lowest BCUT2D eigenvalue weighted by Gasteiger charge is -2.41. The third kappa shape index (κ3) is 3.58. The van der Waals surface area contributed by atoms with Crippen LogP contribution in [0.25, 0.3) is 0 Å². The van der Waals surface area contributed by atoms with Crippen LogP contribution in [0.15, 0.2) is 12.1 Å². The van der Waals surface area contributed by atoms with Crippen LogP contribution in [-0.4, -0.2) is 34.7 Å². The predicted molar refractivity (Wildman–Crippen MR) is 74.2 cm³/mol. The minimum Gasteiger partial charge on any atom is -0.370 e. The van der Waals surface area contributed by atoms with Gasteiger partial charge in [0.05, 0.1) is 11.7 Å². The maximum absolute atomic E-state index is 6.10. The molecule has 1 aliphatic rings. The van der Waals surface area contributed by atoms with Crippen LogP contribution in [0.2, 0.25) is 10.3 Å². The van der Waals surface area contributed by atoms with E-state index in [-0.39, 0.29) is 11.7 Å². The van der Waals surface area contributed by atoms with E-state index in [4.69, 9.17) is 27.9 Å². The molecule has 5 heteroatoms. The van der Waals surface area contributed by atoms with Crippen LogP contribution in [0.5, 0.6) is 0 Å². The second-order valence-corrected chi connectivity index (χ2v) is 6.19. The Labute approximate surface area is 118 Å². The van der Waals surface area contributed by atoms with E-state index in [0.29, 0.717) is 10.3 Å². The monoisotopic (exact) mass is 288 g/mol. The summed E-state index contributed by atoms with van der Waals surface area (Å²) in [5, 5.41) is 0.916. The van der Waals surface area contributed by atoms with Crippen molar-refractivity contribution < 1.29 is 4.74 Å². The lowest BCUT2D eigenvalue weighted by Crippen LogP contribution is -2.51. The van der Waals surface area contributed by atoms with E-state index in [1.165, 1.54) is 0 Å². The first-order valence-corrected chi connectivity index (χ1v) is 6.82. The fourth-order valence-electron chi connectivity index (χ4n) is 2.51. The second-order valence-electron chi connectivity index (χ2n) is 5.44. The first kappa shape index (κ1) is 14.1. The van der Waals surface area contributed by atoms with Crippen LogP contribution in [-0.2, 0) is 11.3 Å². The van der Waals surface area contributed by atoms with Gasteiger partial charge in [0.25, 0.3) is 0 Å². The molecule has 0 aliphatic carbocycles. The summed E-state index contributed by atoms with van der Waals surface area (Å²) in [7, 11) is 0. The molecule has 18 heavy (non-hydrogen) atoms. The van der Waals surface area contributed by atoms with Gasteiger partial charge in [0.1, 0.15) is 10.3 Å². The maximum atomic E-state index is 6.10. The standard InChI is InChI=1S/C13H18Cl2N2O/c1-9-6-17(8-13(2,3)18-9)7-10-4-5-11(14)16-12(10)15/h4-5,9H,6-8H2,1-3H3. The summed E-state index contributed by atoms with van der Waals surface area (Å²) in [6.07, 6.45) is 0.229. The summed E-state index contributed by atoms with van der Waals surface area (Å²) >= 11 is 11.9. The highest BCUT2D eigenvalue weighted by molar-refractivity contribution is 6.32. The largest absolute Gasteiger partial charge is 0.370 e. The van der Waals surface area contributed by atoms with Crippen molar-refractivity contribution in [1.29, 1.82) is 0 Å². The lowest BCUT2D eigenvalue weighted by molar-refractivity contribution is -0.130. The smallest absolute Gasteiger partial charge is 0.135 e. The Morgan fingerprint density at radius 3 is 2.78 bits per heavy atom. The van der Waals surface area contributed by atoms with Crippen molar-refractivity contribution in [1.82, 2.24) is 9.88 Å². The fourth-order valence-corrected chi connectivity index (χ4v) is 2.91. The predicted octanol–water partition coefficient (Wildman–Crippen LogP) is 3.39. The van der Waals surface area contributed by atoms with Gasteiger partial charge in [-0.05, 0) is 26.8 Å². The minimum atomic E-state index is -0.121. The molecule has 1 fully saturated rings. The Morgan fingerprint density at radius 1 is 1.44 bits per heavy atom. The van der Waals surface area contributed by atoms with Gasteiger partial charge in [-0.25, -0.2) is 4.98 Å². The zero-order valence-electron chi connectivity index (χ0n) is 10.9. The van der Waals surface area contributed by atoms with Crippen LogP contribution in [0.3, 0.4) is 0 Å².